The van der Waals surface area contributed by atoms with Crippen LogP contribution in [0.1, 0.15) is 33.6 Å². The van der Waals surface area contributed by atoms with Crippen LogP contribution in [0.4, 0.5) is 0 Å². The lowest BCUT2D eigenvalue weighted by molar-refractivity contribution is -0.141. The first-order chi connectivity index (χ1) is 6.43. The summed E-state index contributed by atoms with van der Waals surface area (Å²) in [7, 11) is 0. The Morgan fingerprint density at radius 2 is 1.86 bits per heavy atom. The van der Waals surface area contributed by atoms with Gasteiger partial charge < -0.3 is 4.74 Å². The van der Waals surface area contributed by atoms with Crippen molar-refractivity contribution >= 4 is 5.97 Å². The first-order valence-electron chi connectivity index (χ1n) is 4.86. The molecule has 80 valence electrons. The zero-order valence-electron chi connectivity index (χ0n) is 9.43. The van der Waals surface area contributed by atoms with Crippen LogP contribution in [0.25, 0.3) is 0 Å². The van der Waals surface area contributed by atoms with Gasteiger partial charge in [-0.25, -0.2) is 0 Å². The lowest BCUT2D eigenvalue weighted by atomic mass is 9.95. The first-order valence-corrected chi connectivity index (χ1v) is 4.86. The predicted molar refractivity (Wildman–Crippen MR) is 59.0 cm³/mol. The van der Waals surface area contributed by atoms with E-state index in [9.17, 15) is 4.79 Å². The Morgan fingerprint density at radius 3 is 2.21 bits per heavy atom. The highest BCUT2D eigenvalue weighted by molar-refractivity contribution is 5.65. The molecule has 0 bridgehead atoms. The third-order valence-corrected chi connectivity index (χ3v) is 2.10. The fraction of sp³-hybridized carbons (Fsp3) is 0.583. The summed E-state index contributed by atoms with van der Waals surface area (Å²) in [6.07, 6.45) is 1.91. The van der Waals surface area contributed by atoms with Gasteiger partial charge in [0.15, 0.2) is 0 Å². The molecule has 2 heteroatoms. The molecule has 0 aliphatic heterocycles. The van der Waals surface area contributed by atoms with Crippen LogP contribution < -0.4 is 0 Å². The van der Waals surface area contributed by atoms with Crippen molar-refractivity contribution in [3.63, 3.8) is 0 Å². The van der Waals surface area contributed by atoms with Crippen molar-refractivity contribution in [1.82, 2.24) is 0 Å². The Labute approximate surface area is 86.6 Å². The predicted octanol–water partition coefficient (Wildman–Crippen LogP) is 3.10. The van der Waals surface area contributed by atoms with Gasteiger partial charge in [0, 0.05) is 12.8 Å². The SMILES string of the molecule is C=C(C)CC[C@@H](COC(C)=O)C(=C)C. The number of esters is 1. The van der Waals surface area contributed by atoms with Crippen LogP contribution in [0.5, 0.6) is 0 Å². The van der Waals surface area contributed by atoms with Crippen LogP contribution in [-0.4, -0.2) is 12.6 Å². The summed E-state index contributed by atoms with van der Waals surface area (Å²) in [6.45, 7) is 13.6. The second-order valence-electron chi connectivity index (χ2n) is 3.84. The molecule has 0 rings (SSSR count). The summed E-state index contributed by atoms with van der Waals surface area (Å²) in [5.74, 6) is 0.0298. The second kappa shape index (κ2) is 6.41. The van der Waals surface area contributed by atoms with Crippen molar-refractivity contribution in [3.05, 3.63) is 24.3 Å². The molecule has 0 spiro atoms. The normalized spacial score (nSPS) is 11.9. The van der Waals surface area contributed by atoms with Gasteiger partial charge in [-0.15, -0.1) is 6.58 Å². The lowest BCUT2D eigenvalue weighted by Crippen LogP contribution is -2.13. The fourth-order valence-electron chi connectivity index (χ4n) is 1.11. The van der Waals surface area contributed by atoms with Gasteiger partial charge in [0.25, 0.3) is 0 Å². The van der Waals surface area contributed by atoms with E-state index in [2.05, 4.69) is 13.2 Å². The topological polar surface area (TPSA) is 26.3 Å². The zero-order chi connectivity index (χ0) is 11.1. The van der Waals surface area contributed by atoms with Crippen LogP contribution in [0.15, 0.2) is 24.3 Å². The Kier molecular flexibility index (Phi) is 5.93. The Morgan fingerprint density at radius 1 is 1.29 bits per heavy atom. The molecule has 0 saturated carbocycles. The lowest BCUT2D eigenvalue weighted by Gasteiger charge is -2.16. The molecule has 0 aromatic rings. The van der Waals surface area contributed by atoms with E-state index in [1.807, 2.05) is 13.8 Å². The van der Waals surface area contributed by atoms with Crippen molar-refractivity contribution in [2.45, 2.75) is 33.6 Å². The standard InChI is InChI=1S/C12H20O2/c1-9(2)6-7-12(10(3)4)8-14-11(5)13/h12H,1,3,6-8H2,2,4-5H3/t12-/m0/s1. The van der Waals surface area contributed by atoms with Crippen LogP contribution in [0.2, 0.25) is 0 Å². The molecule has 0 N–H and O–H groups in total. The molecule has 0 heterocycles. The van der Waals surface area contributed by atoms with Gasteiger partial charge in [0.1, 0.15) is 0 Å². The molecule has 1 atom stereocenters. The number of carbonyl (C=O) groups is 1. The van der Waals surface area contributed by atoms with Gasteiger partial charge in [-0.05, 0) is 26.7 Å². The number of allylic oxidation sites excluding steroid dienone is 1. The van der Waals surface area contributed by atoms with E-state index in [1.54, 1.807) is 0 Å². The minimum Gasteiger partial charge on any atom is -0.465 e. The summed E-state index contributed by atoms with van der Waals surface area (Å²) in [4.78, 5) is 10.6. The summed E-state index contributed by atoms with van der Waals surface area (Å²) in [6, 6.07) is 0. The summed E-state index contributed by atoms with van der Waals surface area (Å²) in [5.41, 5.74) is 2.21. The molecule has 0 aliphatic rings. The number of rotatable bonds is 6. The first kappa shape index (κ1) is 12.9. The molecule has 0 aromatic heterocycles. The maximum atomic E-state index is 10.6. The van der Waals surface area contributed by atoms with Crippen molar-refractivity contribution in [2.75, 3.05) is 6.61 Å². The van der Waals surface area contributed by atoms with Crippen molar-refractivity contribution in [3.8, 4) is 0 Å². The van der Waals surface area contributed by atoms with Gasteiger partial charge in [-0.1, -0.05) is 17.7 Å². The second-order valence-corrected chi connectivity index (χ2v) is 3.84. The number of carbonyl (C=O) groups excluding carboxylic acids is 1. The fourth-order valence-corrected chi connectivity index (χ4v) is 1.11. The molecule has 0 aliphatic carbocycles. The maximum Gasteiger partial charge on any atom is 0.302 e. The van der Waals surface area contributed by atoms with Gasteiger partial charge in [0.2, 0.25) is 0 Å². The van der Waals surface area contributed by atoms with Crippen LogP contribution in [0.3, 0.4) is 0 Å². The molecule has 0 aromatic carbocycles. The van der Waals surface area contributed by atoms with Crippen molar-refractivity contribution in [1.29, 1.82) is 0 Å². The molecule has 0 amide bonds. The Bertz CT molecular complexity index is 210. The van der Waals surface area contributed by atoms with E-state index in [-0.39, 0.29) is 11.9 Å². The molecule has 0 saturated heterocycles. The minimum absolute atomic E-state index is 0.230. The summed E-state index contributed by atoms with van der Waals surface area (Å²) < 4.78 is 4.97. The van der Waals surface area contributed by atoms with Crippen LogP contribution >= 0.6 is 0 Å². The molecular weight excluding hydrogens is 176 g/mol. The molecule has 2 nitrogen and oxygen atoms in total. The third-order valence-electron chi connectivity index (χ3n) is 2.10. The van der Waals surface area contributed by atoms with Crippen molar-refractivity contribution in [2.24, 2.45) is 5.92 Å². The maximum absolute atomic E-state index is 10.6. The number of hydrogen-bond acceptors (Lipinski definition) is 2. The zero-order valence-corrected chi connectivity index (χ0v) is 9.43. The van der Waals surface area contributed by atoms with Gasteiger partial charge >= 0.3 is 5.97 Å². The van der Waals surface area contributed by atoms with E-state index in [1.165, 1.54) is 6.92 Å². The van der Waals surface area contributed by atoms with Gasteiger partial charge in [-0.2, -0.15) is 0 Å². The molecule has 0 unspecified atom stereocenters. The van der Waals surface area contributed by atoms with E-state index < -0.39 is 0 Å². The van der Waals surface area contributed by atoms with E-state index in [4.69, 9.17) is 4.74 Å². The highest BCUT2D eigenvalue weighted by Gasteiger charge is 2.10. The average molecular weight is 196 g/mol. The van der Waals surface area contributed by atoms with Crippen LogP contribution in [-0.2, 0) is 9.53 Å². The summed E-state index contributed by atoms with van der Waals surface area (Å²) >= 11 is 0. The Hall–Kier alpha value is -1.05. The van der Waals surface area contributed by atoms with Gasteiger partial charge in [-0.3, -0.25) is 4.79 Å². The van der Waals surface area contributed by atoms with E-state index in [0.29, 0.717) is 6.61 Å². The van der Waals surface area contributed by atoms with Gasteiger partial charge in [0.05, 0.1) is 6.61 Å². The van der Waals surface area contributed by atoms with Crippen molar-refractivity contribution < 1.29 is 9.53 Å². The quantitative estimate of drug-likeness (QED) is 0.482. The Balaban J connectivity index is 3.96. The highest BCUT2D eigenvalue weighted by Crippen LogP contribution is 2.18. The monoisotopic (exact) mass is 196 g/mol. The number of ether oxygens (including phenoxy) is 1. The molecular formula is C12H20O2. The van der Waals surface area contributed by atoms with Crippen LogP contribution in [0, 0.1) is 5.92 Å². The highest BCUT2D eigenvalue weighted by atomic mass is 16.5. The number of hydrogen-bond donors (Lipinski definition) is 0. The molecule has 0 radical (unpaired) electrons. The average Bonchev–Trinajstić information content (AvgIpc) is 2.02. The third kappa shape index (κ3) is 6.46. The summed E-state index contributed by atoms with van der Waals surface area (Å²) in [5, 5.41) is 0. The largest absolute Gasteiger partial charge is 0.465 e. The van der Waals surface area contributed by atoms with E-state index >= 15 is 0 Å². The van der Waals surface area contributed by atoms with E-state index in [0.717, 1.165) is 24.0 Å². The smallest absolute Gasteiger partial charge is 0.302 e. The minimum atomic E-state index is -0.230. The molecule has 0 fully saturated rings. The molecule has 14 heavy (non-hydrogen) atoms.